The minimum Gasteiger partial charge on any atom is -0.465 e. The van der Waals surface area contributed by atoms with Crippen LogP contribution in [0.2, 0.25) is 5.02 Å². The Morgan fingerprint density at radius 1 is 1.13 bits per heavy atom. The van der Waals surface area contributed by atoms with Crippen LogP contribution in [0.5, 0.6) is 0 Å². The number of aryl methyl sites for hydroxylation is 2. The van der Waals surface area contributed by atoms with Crippen LogP contribution in [-0.2, 0) is 4.79 Å². The number of aromatic nitrogens is 4. The Hall–Kier alpha value is -3.71. The van der Waals surface area contributed by atoms with Gasteiger partial charge in [0.1, 0.15) is 11.5 Å². The molecule has 0 aliphatic heterocycles. The molecule has 2 heterocycles. The third kappa shape index (κ3) is 4.01. The van der Waals surface area contributed by atoms with Crippen molar-refractivity contribution >= 4 is 35.0 Å². The van der Waals surface area contributed by atoms with Crippen molar-refractivity contribution in [2.75, 3.05) is 5.32 Å². The van der Waals surface area contributed by atoms with Gasteiger partial charge in [0.15, 0.2) is 5.82 Å². The minimum absolute atomic E-state index is 0.185. The first-order valence-corrected chi connectivity index (χ1v) is 9.58. The lowest BCUT2D eigenvalue weighted by atomic mass is 10.1. The van der Waals surface area contributed by atoms with E-state index in [1.165, 1.54) is 10.9 Å². The number of amides is 1. The number of nitrogens with zero attached hydrogens (tertiary/aromatic N) is 4. The number of anilines is 1. The van der Waals surface area contributed by atoms with Crippen LogP contribution in [0, 0.1) is 13.8 Å². The highest BCUT2D eigenvalue weighted by molar-refractivity contribution is 6.35. The van der Waals surface area contributed by atoms with Gasteiger partial charge in [-0.1, -0.05) is 48.0 Å². The highest BCUT2D eigenvalue weighted by Crippen LogP contribution is 2.29. The topological polar surface area (TPSA) is 85.8 Å². The van der Waals surface area contributed by atoms with E-state index in [1.807, 2.05) is 50.2 Å². The normalized spacial score (nSPS) is 11.5. The van der Waals surface area contributed by atoms with Crippen LogP contribution in [0.1, 0.15) is 16.9 Å². The number of furan rings is 1. The highest BCUT2D eigenvalue weighted by Gasteiger charge is 2.21. The average Bonchev–Trinajstić information content (AvgIpc) is 3.41. The van der Waals surface area contributed by atoms with Gasteiger partial charge in [0.2, 0.25) is 0 Å². The van der Waals surface area contributed by atoms with Crippen LogP contribution in [-0.4, -0.2) is 26.1 Å². The fourth-order valence-electron chi connectivity index (χ4n) is 3.10. The highest BCUT2D eigenvalue weighted by atomic mass is 35.5. The predicted molar refractivity (Wildman–Crippen MR) is 116 cm³/mol. The molecule has 4 rings (SSSR count). The summed E-state index contributed by atoms with van der Waals surface area (Å²) in [5.41, 5.74) is 3.35. The lowest BCUT2D eigenvalue weighted by Gasteiger charge is -2.14. The first-order valence-electron chi connectivity index (χ1n) is 9.20. The summed E-state index contributed by atoms with van der Waals surface area (Å²) in [5.74, 6) is 0.487. The van der Waals surface area contributed by atoms with Gasteiger partial charge in [0, 0.05) is 11.6 Å². The largest absolute Gasteiger partial charge is 0.465 e. The first-order chi connectivity index (χ1) is 14.5. The summed E-state index contributed by atoms with van der Waals surface area (Å²) >= 11 is 6.38. The van der Waals surface area contributed by atoms with Crippen molar-refractivity contribution < 1.29 is 9.21 Å². The molecule has 2 aromatic carbocycles. The number of carbonyl (C=O) groups is 1. The van der Waals surface area contributed by atoms with Gasteiger partial charge in [-0.3, -0.25) is 4.79 Å². The molecule has 0 bridgehead atoms. The van der Waals surface area contributed by atoms with E-state index in [2.05, 4.69) is 20.8 Å². The Kier molecular flexibility index (Phi) is 5.45. The van der Waals surface area contributed by atoms with Gasteiger partial charge in [0.05, 0.1) is 17.0 Å². The zero-order valence-electron chi connectivity index (χ0n) is 16.3. The molecule has 150 valence electrons. The SMILES string of the molecule is Cc1cc(C)c(NC(=O)/C(=C/c2ccco2)n2nnnc2-c2ccccc2)c(Cl)c1. The molecule has 4 aromatic rings. The molecule has 1 amide bonds. The molecule has 0 unspecified atom stereocenters. The van der Waals surface area contributed by atoms with Gasteiger partial charge in [-0.25, -0.2) is 0 Å². The van der Waals surface area contributed by atoms with Gasteiger partial charge in [-0.05, 0) is 53.6 Å². The van der Waals surface area contributed by atoms with E-state index in [4.69, 9.17) is 16.0 Å². The maximum Gasteiger partial charge on any atom is 0.274 e. The minimum atomic E-state index is -0.426. The molecule has 8 heteroatoms. The summed E-state index contributed by atoms with van der Waals surface area (Å²) in [6.45, 7) is 3.83. The Morgan fingerprint density at radius 2 is 1.93 bits per heavy atom. The molecule has 0 spiro atoms. The number of rotatable bonds is 5. The second-order valence-corrected chi connectivity index (χ2v) is 7.13. The van der Waals surface area contributed by atoms with Gasteiger partial charge in [-0.2, -0.15) is 4.68 Å². The van der Waals surface area contributed by atoms with E-state index >= 15 is 0 Å². The first kappa shape index (κ1) is 19.6. The van der Waals surface area contributed by atoms with Crippen molar-refractivity contribution in [1.29, 1.82) is 0 Å². The number of tetrazole rings is 1. The Bertz CT molecular complexity index is 1190. The van der Waals surface area contributed by atoms with Gasteiger partial charge < -0.3 is 9.73 Å². The monoisotopic (exact) mass is 419 g/mol. The predicted octanol–water partition coefficient (Wildman–Crippen LogP) is 4.84. The summed E-state index contributed by atoms with van der Waals surface area (Å²) in [6.07, 6.45) is 3.11. The van der Waals surface area contributed by atoms with Crippen LogP contribution in [0.4, 0.5) is 5.69 Å². The second-order valence-electron chi connectivity index (χ2n) is 6.72. The maximum atomic E-state index is 13.3. The molecule has 1 N–H and O–H groups in total. The lowest BCUT2D eigenvalue weighted by molar-refractivity contribution is -0.111. The van der Waals surface area contributed by atoms with Crippen molar-refractivity contribution in [3.63, 3.8) is 0 Å². The molecule has 0 saturated heterocycles. The molecule has 0 fully saturated rings. The molecule has 0 aliphatic carbocycles. The Morgan fingerprint density at radius 3 is 2.63 bits per heavy atom. The van der Waals surface area contributed by atoms with Crippen LogP contribution >= 0.6 is 11.6 Å². The Labute approximate surface area is 178 Å². The molecular weight excluding hydrogens is 402 g/mol. The van der Waals surface area contributed by atoms with Crippen LogP contribution in [0.25, 0.3) is 23.2 Å². The number of halogens is 1. The van der Waals surface area contributed by atoms with E-state index in [1.54, 1.807) is 24.3 Å². The van der Waals surface area contributed by atoms with Gasteiger partial charge >= 0.3 is 0 Å². The van der Waals surface area contributed by atoms with E-state index < -0.39 is 5.91 Å². The number of carbonyl (C=O) groups excluding carboxylic acids is 1. The molecule has 30 heavy (non-hydrogen) atoms. The average molecular weight is 420 g/mol. The van der Waals surface area contributed by atoms with Crippen LogP contribution < -0.4 is 5.32 Å². The van der Waals surface area contributed by atoms with Gasteiger partial charge in [-0.15, -0.1) is 5.10 Å². The summed E-state index contributed by atoms with van der Waals surface area (Å²) in [4.78, 5) is 13.3. The number of hydrogen-bond acceptors (Lipinski definition) is 5. The molecule has 0 atom stereocenters. The van der Waals surface area contributed by atoms with Crippen molar-refractivity contribution in [3.05, 3.63) is 82.8 Å². The second kappa shape index (κ2) is 8.34. The zero-order valence-corrected chi connectivity index (χ0v) is 17.1. The standard InChI is InChI=1S/C22H18ClN5O2/c1-14-11-15(2)20(18(23)12-14)24-22(29)19(13-17-9-6-10-30-17)28-21(25-26-27-28)16-7-4-3-5-8-16/h3-13H,1-2H3,(H,24,29)/b19-13-. The fraction of sp³-hybridized carbons (Fsp3) is 0.0909. The van der Waals surface area contributed by atoms with E-state index in [-0.39, 0.29) is 5.70 Å². The zero-order chi connectivity index (χ0) is 21.1. The van der Waals surface area contributed by atoms with Crippen molar-refractivity contribution in [2.24, 2.45) is 0 Å². The third-order valence-electron chi connectivity index (χ3n) is 4.45. The summed E-state index contributed by atoms with van der Waals surface area (Å²) in [6, 6.07) is 16.6. The fourth-order valence-corrected chi connectivity index (χ4v) is 3.47. The molecule has 0 radical (unpaired) electrons. The number of hydrogen-bond donors (Lipinski definition) is 1. The quantitative estimate of drug-likeness (QED) is 0.468. The third-order valence-corrected chi connectivity index (χ3v) is 4.75. The summed E-state index contributed by atoms with van der Waals surface area (Å²) in [5, 5.41) is 15.3. The van der Waals surface area contributed by atoms with Crippen molar-refractivity contribution in [2.45, 2.75) is 13.8 Å². The van der Waals surface area contributed by atoms with Crippen LogP contribution in [0.3, 0.4) is 0 Å². The van der Waals surface area contributed by atoms with Crippen molar-refractivity contribution in [1.82, 2.24) is 20.2 Å². The van der Waals surface area contributed by atoms with Gasteiger partial charge in [0.25, 0.3) is 5.91 Å². The number of benzene rings is 2. The summed E-state index contributed by atoms with van der Waals surface area (Å²) in [7, 11) is 0. The van der Waals surface area contributed by atoms with Crippen molar-refractivity contribution in [3.8, 4) is 11.4 Å². The maximum absolute atomic E-state index is 13.3. The summed E-state index contributed by atoms with van der Waals surface area (Å²) < 4.78 is 6.79. The molecule has 0 saturated carbocycles. The molecule has 7 nitrogen and oxygen atoms in total. The number of nitrogens with one attached hydrogen (secondary N) is 1. The van der Waals surface area contributed by atoms with E-state index in [0.29, 0.717) is 22.3 Å². The molecule has 0 aliphatic rings. The van der Waals surface area contributed by atoms with E-state index in [9.17, 15) is 4.79 Å². The van der Waals surface area contributed by atoms with Crippen LogP contribution in [0.15, 0.2) is 65.3 Å². The lowest BCUT2D eigenvalue weighted by Crippen LogP contribution is -2.20. The molecular formula is C22H18ClN5O2. The van der Waals surface area contributed by atoms with E-state index in [0.717, 1.165) is 16.7 Å². The smallest absolute Gasteiger partial charge is 0.274 e. The Balaban J connectivity index is 1.78. The molecule has 2 aromatic heterocycles.